The summed E-state index contributed by atoms with van der Waals surface area (Å²) in [5, 5.41) is 26.7. The molecule has 0 heterocycles. The van der Waals surface area contributed by atoms with Gasteiger partial charge in [0.15, 0.2) is 17.7 Å². The zero-order chi connectivity index (χ0) is 12.3. The van der Waals surface area contributed by atoms with Crippen molar-refractivity contribution in [3.8, 4) is 11.8 Å². The Hall–Kier alpha value is -1.71. The van der Waals surface area contributed by atoms with Crippen LogP contribution in [0, 0.1) is 23.0 Å². The van der Waals surface area contributed by atoms with Crippen LogP contribution in [0.5, 0.6) is 5.75 Å². The molecule has 6 heteroatoms. The van der Waals surface area contributed by atoms with Gasteiger partial charge >= 0.3 is 0 Å². The quantitative estimate of drug-likeness (QED) is 0.755. The average Bonchev–Trinajstić information content (AvgIpc) is 2.30. The normalized spacial score (nSPS) is 14.0. The molecule has 1 rings (SSSR count). The van der Waals surface area contributed by atoms with Crippen LogP contribution in [-0.4, -0.2) is 23.4 Å². The number of halogens is 2. The van der Waals surface area contributed by atoms with Gasteiger partial charge in [0.2, 0.25) is 5.82 Å². The Morgan fingerprint density at radius 1 is 1.31 bits per heavy atom. The van der Waals surface area contributed by atoms with E-state index in [1.54, 1.807) is 0 Å². The zero-order valence-electron chi connectivity index (χ0n) is 8.32. The number of hydrogen-bond acceptors (Lipinski definition) is 4. The predicted molar refractivity (Wildman–Crippen MR) is 49.5 cm³/mol. The summed E-state index contributed by atoms with van der Waals surface area (Å²) in [6, 6.07) is 3.47. The first-order valence-corrected chi connectivity index (χ1v) is 4.30. The van der Waals surface area contributed by atoms with E-state index in [2.05, 4.69) is 4.74 Å². The highest BCUT2D eigenvalue weighted by molar-refractivity contribution is 5.33. The van der Waals surface area contributed by atoms with E-state index < -0.39 is 29.4 Å². The maximum atomic E-state index is 13.4. The lowest BCUT2D eigenvalue weighted by molar-refractivity contribution is 0.0497. The van der Waals surface area contributed by atoms with Crippen LogP contribution >= 0.6 is 0 Å². The lowest BCUT2D eigenvalue weighted by Crippen LogP contribution is -2.17. The van der Waals surface area contributed by atoms with Gasteiger partial charge in [-0.05, 0) is 12.1 Å². The van der Waals surface area contributed by atoms with Gasteiger partial charge < -0.3 is 14.9 Å². The largest absolute Gasteiger partial charge is 0.494 e. The fraction of sp³-hybridized carbons (Fsp3) is 0.300. The Bertz CT molecular complexity index is 431. The van der Waals surface area contributed by atoms with Gasteiger partial charge in [0.1, 0.15) is 6.10 Å². The maximum Gasteiger partial charge on any atom is 0.200 e. The number of hydrogen-bond donors (Lipinski definition) is 2. The van der Waals surface area contributed by atoms with Crippen molar-refractivity contribution >= 4 is 0 Å². The molecule has 4 nitrogen and oxygen atoms in total. The molecule has 0 radical (unpaired) electrons. The highest BCUT2D eigenvalue weighted by Crippen LogP contribution is 2.27. The summed E-state index contributed by atoms with van der Waals surface area (Å²) in [5.41, 5.74) is -0.493. The second-order valence-corrected chi connectivity index (χ2v) is 3.00. The van der Waals surface area contributed by atoms with Gasteiger partial charge in [0, 0.05) is 5.56 Å². The molecule has 2 atom stereocenters. The van der Waals surface area contributed by atoms with Crippen molar-refractivity contribution in [3.63, 3.8) is 0 Å². The smallest absolute Gasteiger partial charge is 0.200 e. The summed E-state index contributed by atoms with van der Waals surface area (Å²) in [5.74, 6) is -2.94. The number of benzene rings is 1. The summed E-state index contributed by atoms with van der Waals surface area (Å²) >= 11 is 0. The monoisotopic (exact) mass is 229 g/mol. The molecule has 0 aliphatic carbocycles. The average molecular weight is 229 g/mol. The molecular formula is C10H9F2NO3. The third kappa shape index (κ3) is 2.10. The molecule has 2 N–H and O–H groups in total. The van der Waals surface area contributed by atoms with E-state index in [0.29, 0.717) is 0 Å². The minimum Gasteiger partial charge on any atom is -0.494 e. The van der Waals surface area contributed by atoms with Crippen molar-refractivity contribution in [2.24, 2.45) is 0 Å². The van der Waals surface area contributed by atoms with Crippen LogP contribution in [0.4, 0.5) is 8.78 Å². The molecule has 0 saturated carbocycles. The summed E-state index contributed by atoms with van der Waals surface area (Å²) in [6.45, 7) is 0. The highest BCUT2D eigenvalue weighted by Gasteiger charge is 2.24. The Labute approximate surface area is 90.3 Å². The minimum absolute atomic E-state index is 0.320. The number of ether oxygens (including phenoxy) is 1. The van der Waals surface area contributed by atoms with E-state index in [1.165, 1.54) is 6.07 Å². The van der Waals surface area contributed by atoms with Crippen LogP contribution in [0.3, 0.4) is 0 Å². The SMILES string of the molecule is COc1ccc(C(O)C(O)C#N)c(F)c1F. The number of methoxy groups -OCH3 is 1. The zero-order valence-corrected chi connectivity index (χ0v) is 8.32. The molecule has 0 saturated heterocycles. The van der Waals surface area contributed by atoms with E-state index in [4.69, 9.17) is 10.4 Å². The summed E-state index contributed by atoms with van der Waals surface area (Å²) in [4.78, 5) is 0. The molecule has 16 heavy (non-hydrogen) atoms. The van der Waals surface area contributed by atoms with E-state index in [9.17, 15) is 13.9 Å². The van der Waals surface area contributed by atoms with Gasteiger partial charge in [0.05, 0.1) is 13.2 Å². The van der Waals surface area contributed by atoms with Crippen molar-refractivity contribution in [1.29, 1.82) is 5.26 Å². The number of nitriles is 1. The second kappa shape index (κ2) is 4.88. The van der Waals surface area contributed by atoms with E-state index in [0.717, 1.165) is 19.2 Å². The third-order valence-corrected chi connectivity index (χ3v) is 2.05. The first kappa shape index (κ1) is 12.4. The number of aliphatic hydroxyl groups is 2. The fourth-order valence-electron chi connectivity index (χ4n) is 1.17. The number of rotatable bonds is 3. The van der Waals surface area contributed by atoms with Gasteiger partial charge in [0.25, 0.3) is 0 Å². The topological polar surface area (TPSA) is 73.5 Å². The summed E-state index contributed by atoms with van der Waals surface area (Å²) < 4.78 is 31.1. The van der Waals surface area contributed by atoms with Gasteiger partial charge in [-0.25, -0.2) is 4.39 Å². The van der Waals surface area contributed by atoms with Gasteiger partial charge in [-0.15, -0.1) is 0 Å². The first-order chi connectivity index (χ1) is 7.52. The molecule has 1 aromatic rings. The van der Waals surface area contributed by atoms with Crippen molar-refractivity contribution in [2.45, 2.75) is 12.2 Å². The van der Waals surface area contributed by atoms with Crippen LogP contribution in [0.25, 0.3) is 0 Å². The molecular weight excluding hydrogens is 220 g/mol. The highest BCUT2D eigenvalue weighted by atomic mass is 19.2. The lowest BCUT2D eigenvalue weighted by atomic mass is 10.0. The maximum absolute atomic E-state index is 13.4. The summed E-state index contributed by atoms with van der Waals surface area (Å²) in [7, 11) is 1.16. The number of aliphatic hydroxyl groups excluding tert-OH is 2. The van der Waals surface area contributed by atoms with Gasteiger partial charge in [-0.1, -0.05) is 0 Å². The molecule has 86 valence electrons. The van der Waals surface area contributed by atoms with Crippen LogP contribution < -0.4 is 4.74 Å². The molecule has 0 spiro atoms. The van der Waals surface area contributed by atoms with Crippen LogP contribution in [0.15, 0.2) is 12.1 Å². The Kier molecular flexibility index (Phi) is 3.77. The van der Waals surface area contributed by atoms with Crippen molar-refractivity contribution in [1.82, 2.24) is 0 Å². The minimum atomic E-state index is -1.82. The first-order valence-electron chi connectivity index (χ1n) is 4.30. The summed E-state index contributed by atoms with van der Waals surface area (Å²) in [6.07, 6.45) is -3.62. The Morgan fingerprint density at radius 2 is 1.94 bits per heavy atom. The van der Waals surface area contributed by atoms with E-state index in [-0.39, 0.29) is 5.75 Å². The molecule has 0 aliphatic rings. The lowest BCUT2D eigenvalue weighted by Gasteiger charge is -2.14. The van der Waals surface area contributed by atoms with Gasteiger partial charge in [-0.2, -0.15) is 9.65 Å². The molecule has 1 aromatic carbocycles. The molecule has 0 fully saturated rings. The van der Waals surface area contributed by atoms with Crippen LogP contribution in [0.1, 0.15) is 11.7 Å². The fourth-order valence-corrected chi connectivity index (χ4v) is 1.17. The molecule has 0 aliphatic heterocycles. The number of nitrogens with zero attached hydrogens (tertiary/aromatic N) is 1. The Balaban J connectivity index is 3.18. The van der Waals surface area contributed by atoms with Crippen molar-refractivity contribution in [2.75, 3.05) is 7.11 Å². The van der Waals surface area contributed by atoms with E-state index in [1.807, 2.05) is 0 Å². The second-order valence-electron chi connectivity index (χ2n) is 3.00. The third-order valence-electron chi connectivity index (χ3n) is 2.05. The van der Waals surface area contributed by atoms with Crippen molar-refractivity contribution in [3.05, 3.63) is 29.3 Å². The Morgan fingerprint density at radius 3 is 2.44 bits per heavy atom. The predicted octanol–water partition coefficient (Wildman–Crippen LogP) is 0.891. The standard InChI is InChI=1S/C10H9F2NO3/c1-16-7-3-2-5(8(11)9(7)12)10(15)6(14)4-13/h2-3,6,10,14-15H,1H3. The van der Waals surface area contributed by atoms with Gasteiger partial charge in [-0.3, -0.25) is 0 Å². The molecule has 2 unspecified atom stereocenters. The molecule has 0 aromatic heterocycles. The van der Waals surface area contributed by atoms with Crippen LogP contribution in [0.2, 0.25) is 0 Å². The molecule has 0 amide bonds. The van der Waals surface area contributed by atoms with Crippen molar-refractivity contribution < 1.29 is 23.7 Å². The van der Waals surface area contributed by atoms with E-state index >= 15 is 0 Å². The van der Waals surface area contributed by atoms with Crippen LogP contribution in [-0.2, 0) is 0 Å². The molecule has 0 bridgehead atoms.